The van der Waals surface area contributed by atoms with Crippen molar-refractivity contribution in [1.82, 2.24) is 14.0 Å². The molecular formula is C20H28N4O2. The maximum Gasteiger partial charge on any atom is 0.329 e. The second-order valence-corrected chi connectivity index (χ2v) is 7.79. The van der Waals surface area contributed by atoms with Gasteiger partial charge in [-0.1, -0.05) is 19.1 Å². The molecule has 2 aromatic rings. The minimum atomic E-state index is -0.0128. The van der Waals surface area contributed by atoms with Gasteiger partial charge in [0.05, 0.1) is 11.0 Å². The van der Waals surface area contributed by atoms with Crippen LogP contribution in [0.4, 0.5) is 0 Å². The molecule has 0 bridgehead atoms. The lowest BCUT2D eigenvalue weighted by Gasteiger charge is -2.18. The summed E-state index contributed by atoms with van der Waals surface area (Å²) in [6, 6.07) is 8.09. The molecule has 1 aliphatic carbocycles. The standard InChI is InChI=1S/C20H28N4O2/c1-2-10-23-17-5-3-4-6-18(17)24(20(23)26)11-9-19(25)22-12-14-7-8-16(21)15(14)13-22/h3-6,14-16H,2,7-13,21H2,1H3. The number of nitrogens with zero attached hydrogens (tertiary/aromatic N) is 3. The maximum atomic E-state index is 12.8. The van der Waals surface area contributed by atoms with Crippen LogP contribution in [0.5, 0.6) is 0 Å². The maximum absolute atomic E-state index is 12.8. The number of imidazole rings is 1. The fourth-order valence-corrected chi connectivity index (χ4v) is 4.80. The minimum absolute atomic E-state index is 0.0128. The van der Waals surface area contributed by atoms with E-state index < -0.39 is 0 Å². The number of amides is 1. The average Bonchev–Trinajstić information content (AvgIpc) is 3.29. The highest BCUT2D eigenvalue weighted by molar-refractivity contribution is 5.78. The third-order valence-corrected chi connectivity index (χ3v) is 6.19. The van der Waals surface area contributed by atoms with Crippen LogP contribution in [0.15, 0.2) is 29.1 Å². The van der Waals surface area contributed by atoms with Gasteiger partial charge < -0.3 is 10.6 Å². The molecule has 1 aliphatic heterocycles. The van der Waals surface area contributed by atoms with E-state index in [1.54, 1.807) is 4.57 Å². The van der Waals surface area contributed by atoms with E-state index in [1.807, 2.05) is 33.7 Å². The Morgan fingerprint density at radius 2 is 1.81 bits per heavy atom. The largest absolute Gasteiger partial charge is 0.342 e. The van der Waals surface area contributed by atoms with E-state index in [0.29, 0.717) is 31.3 Å². The van der Waals surface area contributed by atoms with E-state index in [-0.39, 0.29) is 17.6 Å². The summed E-state index contributed by atoms with van der Waals surface area (Å²) in [4.78, 5) is 27.5. The highest BCUT2D eigenvalue weighted by Crippen LogP contribution is 2.37. The highest BCUT2D eigenvalue weighted by Gasteiger charge is 2.42. The number of likely N-dealkylation sites (tertiary alicyclic amines) is 1. The predicted molar refractivity (Wildman–Crippen MR) is 102 cm³/mol. The lowest BCUT2D eigenvalue weighted by molar-refractivity contribution is -0.130. The first-order chi connectivity index (χ1) is 12.6. The number of hydrogen-bond acceptors (Lipinski definition) is 3. The van der Waals surface area contributed by atoms with Gasteiger partial charge in [-0.25, -0.2) is 4.79 Å². The summed E-state index contributed by atoms with van der Waals surface area (Å²) in [5, 5.41) is 0. The van der Waals surface area contributed by atoms with Gasteiger partial charge in [0.25, 0.3) is 0 Å². The van der Waals surface area contributed by atoms with Crippen LogP contribution in [0.1, 0.15) is 32.6 Å². The predicted octanol–water partition coefficient (Wildman–Crippen LogP) is 1.80. The Labute approximate surface area is 153 Å². The fraction of sp³-hybridized carbons (Fsp3) is 0.600. The van der Waals surface area contributed by atoms with Gasteiger partial charge >= 0.3 is 5.69 Å². The smallest absolute Gasteiger partial charge is 0.329 e. The van der Waals surface area contributed by atoms with Crippen LogP contribution >= 0.6 is 0 Å². The van der Waals surface area contributed by atoms with E-state index in [2.05, 4.69) is 6.92 Å². The zero-order valence-electron chi connectivity index (χ0n) is 15.4. The molecule has 1 saturated carbocycles. The number of carbonyl (C=O) groups excluding carboxylic acids is 1. The van der Waals surface area contributed by atoms with Crippen molar-refractivity contribution in [1.29, 1.82) is 0 Å². The normalized spacial score (nSPS) is 25.2. The molecule has 1 amide bonds. The van der Waals surface area contributed by atoms with Crippen molar-refractivity contribution < 1.29 is 4.79 Å². The summed E-state index contributed by atoms with van der Waals surface area (Å²) in [5.41, 5.74) is 8.03. The molecule has 6 heteroatoms. The van der Waals surface area contributed by atoms with Crippen LogP contribution in [0, 0.1) is 11.8 Å². The van der Waals surface area contributed by atoms with Crippen molar-refractivity contribution >= 4 is 16.9 Å². The third-order valence-electron chi connectivity index (χ3n) is 6.19. The van der Waals surface area contributed by atoms with Crippen LogP contribution in [-0.4, -0.2) is 39.1 Å². The summed E-state index contributed by atoms with van der Waals surface area (Å²) in [6.07, 6.45) is 3.50. The van der Waals surface area contributed by atoms with Crippen LogP contribution < -0.4 is 11.4 Å². The molecule has 140 valence electrons. The molecule has 26 heavy (non-hydrogen) atoms. The lowest BCUT2D eigenvalue weighted by atomic mass is 9.98. The first-order valence-electron chi connectivity index (χ1n) is 9.81. The molecule has 2 N–H and O–H groups in total. The number of para-hydroxylation sites is 2. The van der Waals surface area contributed by atoms with Crippen molar-refractivity contribution in [2.24, 2.45) is 17.6 Å². The van der Waals surface area contributed by atoms with Crippen LogP contribution in [0.25, 0.3) is 11.0 Å². The molecule has 0 spiro atoms. The number of rotatable bonds is 5. The Hall–Kier alpha value is -2.08. The van der Waals surface area contributed by atoms with Crippen molar-refractivity contribution in [3.05, 3.63) is 34.7 Å². The molecule has 2 fully saturated rings. The number of fused-ring (bicyclic) bond motifs is 2. The zero-order chi connectivity index (χ0) is 18.3. The Morgan fingerprint density at radius 3 is 2.46 bits per heavy atom. The minimum Gasteiger partial charge on any atom is -0.342 e. The van der Waals surface area contributed by atoms with Gasteiger partial charge in [0.15, 0.2) is 0 Å². The molecule has 4 rings (SSSR count). The van der Waals surface area contributed by atoms with Crippen molar-refractivity contribution in [2.45, 2.75) is 51.7 Å². The molecule has 2 aliphatic rings. The van der Waals surface area contributed by atoms with Crippen molar-refractivity contribution in [2.75, 3.05) is 13.1 Å². The number of aryl methyl sites for hydroxylation is 2. The van der Waals surface area contributed by atoms with Gasteiger partial charge in [0.1, 0.15) is 0 Å². The van der Waals surface area contributed by atoms with E-state index in [1.165, 1.54) is 0 Å². The van der Waals surface area contributed by atoms with E-state index in [0.717, 1.165) is 43.4 Å². The highest BCUT2D eigenvalue weighted by atomic mass is 16.2. The first kappa shape index (κ1) is 17.3. The van der Waals surface area contributed by atoms with E-state index in [4.69, 9.17) is 5.73 Å². The van der Waals surface area contributed by atoms with E-state index in [9.17, 15) is 9.59 Å². The molecule has 1 saturated heterocycles. The second-order valence-electron chi connectivity index (χ2n) is 7.79. The van der Waals surface area contributed by atoms with Crippen LogP contribution in [-0.2, 0) is 17.9 Å². The van der Waals surface area contributed by atoms with Gasteiger partial charge in [-0.3, -0.25) is 13.9 Å². The summed E-state index contributed by atoms with van der Waals surface area (Å²) >= 11 is 0. The summed E-state index contributed by atoms with van der Waals surface area (Å²) < 4.78 is 3.57. The number of hydrogen-bond donors (Lipinski definition) is 1. The average molecular weight is 356 g/mol. The third kappa shape index (κ3) is 2.86. The molecule has 1 aromatic carbocycles. The summed E-state index contributed by atoms with van der Waals surface area (Å²) in [7, 11) is 0. The number of carbonyl (C=O) groups is 1. The van der Waals surface area contributed by atoms with Gasteiger partial charge in [0.2, 0.25) is 5.91 Å². The Kier molecular flexibility index (Phi) is 4.61. The molecule has 2 heterocycles. The molecular weight excluding hydrogens is 328 g/mol. The van der Waals surface area contributed by atoms with Crippen molar-refractivity contribution in [3.63, 3.8) is 0 Å². The monoisotopic (exact) mass is 356 g/mol. The second kappa shape index (κ2) is 6.91. The van der Waals surface area contributed by atoms with Gasteiger partial charge in [-0.15, -0.1) is 0 Å². The molecule has 3 atom stereocenters. The van der Waals surface area contributed by atoms with Gasteiger partial charge in [-0.05, 0) is 43.2 Å². The van der Waals surface area contributed by atoms with E-state index >= 15 is 0 Å². The van der Waals surface area contributed by atoms with Crippen LogP contribution in [0.3, 0.4) is 0 Å². The van der Waals surface area contributed by atoms with Crippen LogP contribution in [0.2, 0.25) is 0 Å². The number of benzene rings is 1. The Morgan fingerprint density at radius 1 is 1.12 bits per heavy atom. The Bertz CT molecular complexity index is 868. The first-order valence-corrected chi connectivity index (χ1v) is 9.81. The topological polar surface area (TPSA) is 73.3 Å². The number of aromatic nitrogens is 2. The zero-order valence-corrected chi connectivity index (χ0v) is 15.4. The fourth-order valence-electron chi connectivity index (χ4n) is 4.80. The van der Waals surface area contributed by atoms with Gasteiger partial charge in [0, 0.05) is 38.6 Å². The SMILES string of the molecule is CCCn1c(=O)n(CCC(=O)N2CC3CCC(N)C3C2)c2ccccc21. The molecule has 0 radical (unpaired) electrons. The number of nitrogens with two attached hydrogens (primary N) is 1. The van der Waals surface area contributed by atoms with Crippen molar-refractivity contribution in [3.8, 4) is 0 Å². The summed E-state index contributed by atoms with van der Waals surface area (Å²) in [5.74, 6) is 1.18. The summed E-state index contributed by atoms with van der Waals surface area (Å²) in [6.45, 7) is 4.83. The molecule has 3 unspecified atom stereocenters. The van der Waals surface area contributed by atoms with Gasteiger partial charge in [-0.2, -0.15) is 0 Å². The molecule has 1 aromatic heterocycles. The molecule has 6 nitrogen and oxygen atoms in total. The quantitative estimate of drug-likeness (QED) is 0.888. The lowest BCUT2D eigenvalue weighted by Crippen LogP contribution is -2.34. The Balaban J connectivity index is 1.49.